The van der Waals surface area contributed by atoms with E-state index in [4.69, 9.17) is 23.2 Å². The van der Waals surface area contributed by atoms with E-state index in [9.17, 15) is 9.59 Å². The van der Waals surface area contributed by atoms with Crippen molar-refractivity contribution in [3.63, 3.8) is 0 Å². The average Bonchev–Trinajstić information content (AvgIpc) is 3.21. The fourth-order valence-electron chi connectivity index (χ4n) is 3.60. The van der Waals surface area contributed by atoms with Gasteiger partial charge in [-0.1, -0.05) is 59.6 Å². The van der Waals surface area contributed by atoms with E-state index < -0.39 is 0 Å². The zero-order chi connectivity index (χ0) is 23.9. The standard InChI is InChI=1S/C26H24Cl2N2O2S2/c27-22-9-1-18(2-10-22)15-30-24(31)17-34-26(30)21-7-5-20(6-8-21)25(32)29-13-14-33-16-19-3-11-23(28)12-4-19/h1-12,26H,13-17H2,(H,29,32)/t26-/m0/s1. The van der Waals surface area contributed by atoms with E-state index in [1.54, 1.807) is 23.5 Å². The summed E-state index contributed by atoms with van der Waals surface area (Å²) in [5, 5.41) is 4.32. The molecule has 0 aliphatic carbocycles. The Labute approximate surface area is 218 Å². The molecule has 1 atom stereocenters. The van der Waals surface area contributed by atoms with Crippen LogP contribution in [0.1, 0.15) is 32.4 Å². The molecule has 2 amide bonds. The molecule has 1 aliphatic heterocycles. The lowest BCUT2D eigenvalue weighted by molar-refractivity contribution is -0.128. The average molecular weight is 532 g/mol. The molecule has 3 aromatic rings. The molecular formula is C26H24Cl2N2O2S2. The number of rotatable bonds is 9. The summed E-state index contributed by atoms with van der Waals surface area (Å²) >= 11 is 15.3. The highest BCUT2D eigenvalue weighted by atomic mass is 35.5. The van der Waals surface area contributed by atoms with Crippen molar-refractivity contribution in [2.75, 3.05) is 18.1 Å². The van der Waals surface area contributed by atoms with Gasteiger partial charge in [0.1, 0.15) is 5.37 Å². The van der Waals surface area contributed by atoms with E-state index >= 15 is 0 Å². The van der Waals surface area contributed by atoms with Gasteiger partial charge in [0.05, 0.1) is 5.75 Å². The molecule has 1 heterocycles. The molecule has 0 bridgehead atoms. The molecule has 0 aromatic heterocycles. The molecule has 4 rings (SSSR count). The molecule has 3 aromatic carbocycles. The van der Waals surface area contributed by atoms with Gasteiger partial charge in [-0.25, -0.2) is 0 Å². The predicted octanol–water partition coefficient (Wildman–Crippen LogP) is 6.43. The molecule has 0 unspecified atom stereocenters. The number of nitrogens with one attached hydrogen (secondary N) is 1. The second-order valence-corrected chi connectivity index (χ2v) is 10.9. The number of amides is 2. The number of halogens is 2. The summed E-state index contributed by atoms with van der Waals surface area (Å²) in [6.07, 6.45) is 0. The van der Waals surface area contributed by atoms with Crippen LogP contribution in [0.2, 0.25) is 10.0 Å². The van der Waals surface area contributed by atoms with Crippen molar-refractivity contribution in [2.45, 2.75) is 17.7 Å². The summed E-state index contributed by atoms with van der Waals surface area (Å²) in [7, 11) is 0. The first-order valence-corrected chi connectivity index (χ1v) is 13.8. The minimum Gasteiger partial charge on any atom is -0.351 e. The quantitative estimate of drug-likeness (QED) is 0.324. The largest absolute Gasteiger partial charge is 0.351 e. The van der Waals surface area contributed by atoms with Crippen molar-refractivity contribution >= 4 is 58.5 Å². The third kappa shape index (κ3) is 6.72. The summed E-state index contributed by atoms with van der Waals surface area (Å²) in [5.74, 6) is 2.18. The third-order valence-corrected chi connectivity index (χ3v) is 8.20. The van der Waals surface area contributed by atoms with Crippen LogP contribution in [0.25, 0.3) is 0 Å². The van der Waals surface area contributed by atoms with E-state index in [2.05, 4.69) is 5.32 Å². The van der Waals surface area contributed by atoms with Gasteiger partial charge in [-0.05, 0) is 53.1 Å². The van der Waals surface area contributed by atoms with Gasteiger partial charge in [-0.15, -0.1) is 11.8 Å². The maximum atomic E-state index is 12.5. The predicted molar refractivity (Wildman–Crippen MR) is 144 cm³/mol. The summed E-state index contributed by atoms with van der Waals surface area (Å²) < 4.78 is 0. The highest BCUT2D eigenvalue weighted by Crippen LogP contribution is 2.39. The second-order valence-electron chi connectivity index (χ2n) is 7.87. The molecular weight excluding hydrogens is 507 g/mol. The topological polar surface area (TPSA) is 49.4 Å². The van der Waals surface area contributed by atoms with Crippen LogP contribution in [-0.4, -0.2) is 34.8 Å². The normalized spacial score (nSPS) is 15.5. The van der Waals surface area contributed by atoms with Crippen molar-refractivity contribution in [1.82, 2.24) is 10.2 Å². The number of hydrogen-bond acceptors (Lipinski definition) is 4. The Balaban J connectivity index is 1.27. The van der Waals surface area contributed by atoms with Crippen molar-refractivity contribution in [3.05, 3.63) is 105 Å². The number of carbonyl (C=O) groups is 2. The second kappa shape index (κ2) is 12.0. The molecule has 1 saturated heterocycles. The van der Waals surface area contributed by atoms with Gasteiger partial charge >= 0.3 is 0 Å². The number of hydrogen-bond donors (Lipinski definition) is 1. The van der Waals surface area contributed by atoms with Crippen LogP contribution in [0.4, 0.5) is 0 Å². The van der Waals surface area contributed by atoms with Crippen molar-refractivity contribution in [2.24, 2.45) is 0 Å². The molecule has 0 spiro atoms. The van der Waals surface area contributed by atoms with Crippen LogP contribution in [0, 0.1) is 0 Å². The molecule has 0 radical (unpaired) electrons. The number of thioether (sulfide) groups is 2. The van der Waals surface area contributed by atoms with E-state index in [1.165, 1.54) is 5.56 Å². The highest BCUT2D eigenvalue weighted by molar-refractivity contribution is 8.00. The lowest BCUT2D eigenvalue weighted by Crippen LogP contribution is -2.28. The number of benzene rings is 3. The summed E-state index contributed by atoms with van der Waals surface area (Å²) in [5.41, 5.74) is 3.88. The lowest BCUT2D eigenvalue weighted by Gasteiger charge is -2.24. The first-order valence-electron chi connectivity index (χ1n) is 10.9. The van der Waals surface area contributed by atoms with Gasteiger partial charge < -0.3 is 10.2 Å². The van der Waals surface area contributed by atoms with Crippen molar-refractivity contribution in [3.8, 4) is 0 Å². The Bertz CT molecular complexity index is 1120. The van der Waals surface area contributed by atoms with Crippen molar-refractivity contribution < 1.29 is 9.59 Å². The lowest BCUT2D eigenvalue weighted by atomic mass is 10.1. The minimum absolute atomic E-state index is 0.0652. The zero-order valence-electron chi connectivity index (χ0n) is 18.4. The Morgan fingerprint density at radius 3 is 2.21 bits per heavy atom. The smallest absolute Gasteiger partial charge is 0.251 e. The van der Waals surface area contributed by atoms with E-state index in [0.29, 0.717) is 29.4 Å². The van der Waals surface area contributed by atoms with Crippen LogP contribution in [0.3, 0.4) is 0 Å². The molecule has 8 heteroatoms. The maximum absolute atomic E-state index is 12.5. The molecule has 176 valence electrons. The van der Waals surface area contributed by atoms with Crippen LogP contribution in [0.15, 0.2) is 72.8 Å². The molecule has 4 nitrogen and oxygen atoms in total. The van der Waals surface area contributed by atoms with Crippen LogP contribution >= 0.6 is 46.7 Å². The first kappa shape index (κ1) is 25.0. The Morgan fingerprint density at radius 1 is 0.941 bits per heavy atom. The number of nitrogens with zero attached hydrogens (tertiary/aromatic N) is 1. The van der Waals surface area contributed by atoms with Gasteiger partial charge in [-0.3, -0.25) is 9.59 Å². The fourth-order valence-corrected chi connectivity index (χ4v) is 5.85. The number of carbonyl (C=O) groups excluding carboxylic acids is 2. The van der Waals surface area contributed by atoms with Gasteiger partial charge in [0, 0.05) is 40.2 Å². The van der Waals surface area contributed by atoms with Crippen LogP contribution in [-0.2, 0) is 17.1 Å². The molecule has 0 saturated carbocycles. The highest BCUT2D eigenvalue weighted by Gasteiger charge is 2.32. The van der Waals surface area contributed by atoms with E-state index in [0.717, 1.165) is 27.7 Å². The zero-order valence-corrected chi connectivity index (χ0v) is 21.5. The molecule has 1 fully saturated rings. The van der Waals surface area contributed by atoms with Gasteiger partial charge in [0.25, 0.3) is 5.91 Å². The maximum Gasteiger partial charge on any atom is 0.251 e. The SMILES string of the molecule is O=C(NCCSCc1ccc(Cl)cc1)c1ccc([C@@H]2SCC(=O)N2Cc2ccc(Cl)cc2)cc1. The summed E-state index contributed by atoms with van der Waals surface area (Å²) in [6, 6.07) is 22.9. The third-order valence-electron chi connectivity index (χ3n) is 5.41. The first-order chi connectivity index (χ1) is 16.5. The van der Waals surface area contributed by atoms with E-state index in [1.807, 2.05) is 77.7 Å². The van der Waals surface area contributed by atoms with Crippen LogP contribution < -0.4 is 5.32 Å². The summed E-state index contributed by atoms with van der Waals surface area (Å²) in [6.45, 7) is 1.13. The Morgan fingerprint density at radius 2 is 1.56 bits per heavy atom. The summed E-state index contributed by atoms with van der Waals surface area (Å²) in [4.78, 5) is 26.9. The van der Waals surface area contributed by atoms with Gasteiger partial charge in [0.15, 0.2) is 0 Å². The monoisotopic (exact) mass is 530 g/mol. The molecule has 1 N–H and O–H groups in total. The molecule has 34 heavy (non-hydrogen) atoms. The molecule has 1 aliphatic rings. The minimum atomic E-state index is -0.0909. The Kier molecular flexibility index (Phi) is 8.84. The fraction of sp³-hybridized carbons (Fsp3) is 0.231. The van der Waals surface area contributed by atoms with Crippen LogP contribution in [0.5, 0.6) is 0 Å². The van der Waals surface area contributed by atoms with E-state index in [-0.39, 0.29) is 17.2 Å². The van der Waals surface area contributed by atoms with Crippen molar-refractivity contribution in [1.29, 1.82) is 0 Å². The van der Waals surface area contributed by atoms with Gasteiger partial charge in [-0.2, -0.15) is 11.8 Å². The van der Waals surface area contributed by atoms with Gasteiger partial charge in [0.2, 0.25) is 5.91 Å². The Hall–Kier alpha value is -2.12.